The second-order valence-electron chi connectivity index (χ2n) is 13.9. The summed E-state index contributed by atoms with van der Waals surface area (Å²) in [5.74, 6) is 0. The summed E-state index contributed by atoms with van der Waals surface area (Å²) in [5, 5.41) is 19.2. The standard InChI is InChI=1S/C47H32N4/c48-29-30-25-33(50-43-19-9-5-15-38(43)39-16-6-10-20-44(39)50)27-34(26-30)51-45-24-22-32(28-40(45)47-35-12-2-1-11-31(35)21-23-46(47)51)49-41-17-7-3-13-36(41)37-14-4-8-18-42(37)49/h1-7,9-17,19-26,28,33H,8,18,27H2. The molecule has 0 bridgehead atoms. The van der Waals surface area contributed by atoms with Crippen molar-refractivity contribution < 1.29 is 0 Å². The molecule has 0 saturated carbocycles. The van der Waals surface area contributed by atoms with Crippen LogP contribution in [0.1, 0.15) is 30.1 Å². The highest BCUT2D eigenvalue weighted by Crippen LogP contribution is 2.43. The molecule has 3 aromatic heterocycles. The largest absolute Gasteiger partial charge is 0.333 e. The van der Waals surface area contributed by atoms with E-state index in [4.69, 9.17) is 0 Å². The van der Waals surface area contributed by atoms with Crippen molar-refractivity contribution in [2.45, 2.75) is 25.3 Å². The van der Waals surface area contributed by atoms with Gasteiger partial charge < -0.3 is 13.7 Å². The number of hydrogen-bond acceptors (Lipinski definition) is 1. The first-order valence-corrected chi connectivity index (χ1v) is 17.8. The Balaban J connectivity index is 1.17. The van der Waals surface area contributed by atoms with Crippen LogP contribution in [0.2, 0.25) is 0 Å². The van der Waals surface area contributed by atoms with Crippen LogP contribution in [0.4, 0.5) is 0 Å². The number of para-hydroxylation sites is 3. The highest BCUT2D eigenvalue weighted by molar-refractivity contribution is 6.22. The van der Waals surface area contributed by atoms with Gasteiger partial charge in [-0.3, -0.25) is 0 Å². The Kier molecular flexibility index (Phi) is 5.94. The van der Waals surface area contributed by atoms with E-state index in [0.29, 0.717) is 5.57 Å². The van der Waals surface area contributed by atoms with Gasteiger partial charge in [0, 0.05) is 67.0 Å². The van der Waals surface area contributed by atoms with Crippen LogP contribution in [0.25, 0.3) is 82.7 Å². The number of allylic oxidation sites excluding steroid dienone is 5. The molecule has 3 heterocycles. The SMILES string of the molecule is N#CC1=CC(n2c3ccccc3c3ccccc32)CC(n2c3ccc(-n4c5c(c6ccccc64)C=CCC5)cc3c3c4ccccc4ccc32)=C1. The second kappa shape index (κ2) is 10.7. The fraction of sp³-hybridized carbons (Fsp3) is 0.0851. The van der Waals surface area contributed by atoms with Crippen LogP contribution in [0, 0.1) is 11.3 Å². The van der Waals surface area contributed by atoms with Crippen LogP contribution in [0.3, 0.4) is 0 Å². The highest BCUT2D eigenvalue weighted by atomic mass is 15.1. The van der Waals surface area contributed by atoms with Gasteiger partial charge in [0.1, 0.15) is 0 Å². The quantitative estimate of drug-likeness (QED) is 0.187. The lowest BCUT2D eigenvalue weighted by Gasteiger charge is -2.25. The predicted octanol–water partition coefficient (Wildman–Crippen LogP) is 11.9. The van der Waals surface area contributed by atoms with Crippen LogP contribution in [0.15, 0.2) is 151 Å². The number of fused-ring (bicyclic) bond motifs is 11. The van der Waals surface area contributed by atoms with Crippen molar-refractivity contribution in [1.82, 2.24) is 13.7 Å². The molecule has 4 nitrogen and oxygen atoms in total. The molecule has 6 aromatic carbocycles. The molecular weight excluding hydrogens is 621 g/mol. The summed E-state index contributed by atoms with van der Waals surface area (Å²) in [6.07, 6.45) is 11.7. The van der Waals surface area contributed by atoms with E-state index in [-0.39, 0.29) is 6.04 Å². The lowest BCUT2D eigenvalue weighted by molar-refractivity contribution is 0.643. The number of benzene rings is 6. The van der Waals surface area contributed by atoms with Crippen molar-refractivity contribution >= 4 is 77.1 Å². The molecule has 0 fully saturated rings. The normalized spacial score (nSPS) is 15.9. The Bertz CT molecular complexity index is 3020. The molecule has 0 N–H and O–H groups in total. The minimum absolute atomic E-state index is 0.0255. The van der Waals surface area contributed by atoms with Crippen LogP contribution in [-0.2, 0) is 6.42 Å². The molecule has 0 amide bonds. The van der Waals surface area contributed by atoms with Crippen LogP contribution in [-0.4, -0.2) is 13.7 Å². The Morgan fingerprint density at radius 3 is 2.06 bits per heavy atom. The van der Waals surface area contributed by atoms with E-state index in [1.807, 2.05) is 0 Å². The maximum absolute atomic E-state index is 10.5. The van der Waals surface area contributed by atoms with Crippen molar-refractivity contribution in [2.24, 2.45) is 0 Å². The maximum atomic E-state index is 10.5. The fourth-order valence-electron chi connectivity index (χ4n) is 9.16. The number of nitriles is 1. The van der Waals surface area contributed by atoms with E-state index >= 15 is 0 Å². The molecule has 9 aromatic rings. The van der Waals surface area contributed by atoms with E-state index in [1.165, 1.54) is 71.2 Å². The van der Waals surface area contributed by atoms with Gasteiger partial charge in [0.2, 0.25) is 0 Å². The lowest BCUT2D eigenvalue weighted by atomic mass is 9.99. The summed E-state index contributed by atoms with van der Waals surface area (Å²) in [6, 6.07) is 48.8. The summed E-state index contributed by atoms with van der Waals surface area (Å²) >= 11 is 0. The number of hydrogen-bond donors (Lipinski definition) is 0. The van der Waals surface area contributed by atoms with E-state index in [9.17, 15) is 5.26 Å². The fourth-order valence-corrected chi connectivity index (χ4v) is 9.16. The Morgan fingerprint density at radius 1 is 0.608 bits per heavy atom. The number of nitrogens with zero attached hydrogens (tertiary/aromatic N) is 4. The van der Waals surface area contributed by atoms with Gasteiger partial charge in [0.05, 0.1) is 34.2 Å². The number of rotatable bonds is 3. The van der Waals surface area contributed by atoms with Gasteiger partial charge in [-0.25, -0.2) is 0 Å². The molecule has 51 heavy (non-hydrogen) atoms. The summed E-state index contributed by atoms with van der Waals surface area (Å²) in [7, 11) is 0. The zero-order valence-corrected chi connectivity index (χ0v) is 27.9. The first-order chi connectivity index (χ1) is 25.3. The van der Waals surface area contributed by atoms with Gasteiger partial charge in [-0.1, -0.05) is 97.1 Å². The van der Waals surface area contributed by atoms with Crippen LogP contribution < -0.4 is 0 Å². The zero-order chi connectivity index (χ0) is 33.6. The molecule has 4 heteroatoms. The van der Waals surface area contributed by atoms with Crippen LogP contribution in [0.5, 0.6) is 0 Å². The van der Waals surface area contributed by atoms with E-state index < -0.39 is 0 Å². The van der Waals surface area contributed by atoms with E-state index in [2.05, 4.69) is 171 Å². The smallest absolute Gasteiger partial charge is 0.0989 e. The van der Waals surface area contributed by atoms with Gasteiger partial charge in [0.25, 0.3) is 0 Å². The van der Waals surface area contributed by atoms with Crippen molar-refractivity contribution in [3.63, 3.8) is 0 Å². The Hall–Kier alpha value is -6.57. The van der Waals surface area contributed by atoms with Crippen molar-refractivity contribution in [3.8, 4) is 11.8 Å². The molecule has 0 radical (unpaired) electrons. The first kappa shape index (κ1) is 28.3. The Morgan fingerprint density at radius 2 is 1.27 bits per heavy atom. The van der Waals surface area contributed by atoms with Crippen molar-refractivity contribution in [2.75, 3.05) is 0 Å². The average Bonchev–Trinajstić information content (AvgIpc) is 3.83. The van der Waals surface area contributed by atoms with Crippen LogP contribution >= 0.6 is 0 Å². The van der Waals surface area contributed by atoms with Gasteiger partial charge in [-0.15, -0.1) is 0 Å². The number of aromatic nitrogens is 3. The molecule has 2 aliphatic carbocycles. The molecule has 240 valence electrons. The van der Waals surface area contributed by atoms with Gasteiger partial charge in [0.15, 0.2) is 0 Å². The molecular formula is C47H32N4. The molecule has 0 spiro atoms. The molecule has 1 unspecified atom stereocenters. The minimum atomic E-state index is -0.0255. The van der Waals surface area contributed by atoms with Gasteiger partial charge in [-0.05, 0) is 78.2 Å². The maximum Gasteiger partial charge on any atom is 0.0989 e. The zero-order valence-electron chi connectivity index (χ0n) is 27.9. The van der Waals surface area contributed by atoms with Crippen molar-refractivity contribution in [1.29, 1.82) is 5.26 Å². The molecule has 2 aliphatic rings. The molecule has 0 saturated heterocycles. The highest BCUT2D eigenvalue weighted by Gasteiger charge is 2.26. The summed E-state index contributed by atoms with van der Waals surface area (Å²) < 4.78 is 7.35. The monoisotopic (exact) mass is 652 g/mol. The summed E-state index contributed by atoms with van der Waals surface area (Å²) in [4.78, 5) is 0. The van der Waals surface area contributed by atoms with Crippen molar-refractivity contribution in [3.05, 3.63) is 162 Å². The first-order valence-electron chi connectivity index (χ1n) is 17.8. The molecule has 0 aliphatic heterocycles. The second-order valence-corrected chi connectivity index (χ2v) is 13.9. The average molecular weight is 653 g/mol. The van der Waals surface area contributed by atoms with Gasteiger partial charge >= 0.3 is 0 Å². The third-order valence-corrected chi connectivity index (χ3v) is 11.2. The Labute approximate surface area is 294 Å². The summed E-state index contributed by atoms with van der Waals surface area (Å²) in [6.45, 7) is 0. The lowest BCUT2D eigenvalue weighted by Crippen LogP contribution is -2.13. The molecule has 1 atom stereocenters. The third kappa shape index (κ3) is 4.00. The predicted molar refractivity (Wildman–Crippen MR) is 212 cm³/mol. The topological polar surface area (TPSA) is 38.6 Å². The van der Waals surface area contributed by atoms with E-state index in [0.717, 1.165) is 36.0 Å². The summed E-state index contributed by atoms with van der Waals surface area (Å²) in [5.41, 5.74) is 11.6. The third-order valence-electron chi connectivity index (χ3n) is 11.2. The molecule has 11 rings (SSSR count). The van der Waals surface area contributed by atoms with Gasteiger partial charge in [-0.2, -0.15) is 5.26 Å². The van der Waals surface area contributed by atoms with E-state index in [1.54, 1.807) is 0 Å². The minimum Gasteiger partial charge on any atom is -0.333 e.